The fraction of sp³-hybridized carbons (Fsp3) is 0.320. The molecule has 4 unspecified atom stereocenters. The smallest absolute Gasteiger partial charge is 0.165 e. The molecule has 9 heteroatoms. The number of imidazole rings is 1. The number of aromatic nitrogens is 2. The number of nitrogens with zero attached hydrogens (tertiary/aromatic N) is 2. The number of benzene rings is 2. The van der Waals surface area contributed by atoms with Gasteiger partial charge >= 0.3 is 0 Å². The Kier molecular flexibility index (Phi) is 7.24. The molecule has 34 heavy (non-hydrogen) atoms. The zero-order chi connectivity index (χ0) is 24.2. The Morgan fingerprint density at radius 1 is 1.21 bits per heavy atom. The molecular weight excluding hydrogens is 446 g/mol. The van der Waals surface area contributed by atoms with Crippen LogP contribution in [-0.2, 0) is 4.74 Å². The van der Waals surface area contributed by atoms with E-state index in [0.717, 1.165) is 12.1 Å². The minimum atomic E-state index is -0.895. The van der Waals surface area contributed by atoms with E-state index in [1.165, 1.54) is 6.20 Å². The molecule has 1 fully saturated rings. The third kappa shape index (κ3) is 5.11. The summed E-state index contributed by atoms with van der Waals surface area (Å²) in [5.74, 6) is 4.57. The molecule has 2 heterocycles. The van der Waals surface area contributed by atoms with Gasteiger partial charge in [0.15, 0.2) is 17.7 Å². The van der Waals surface area contributed by atoms with Crippen molar-refractivity contribution in [1.29, 1.82) is 0 Å². The number of ether oxygens (including phenoxy) is 2. The molecule has 4 rings (SSSR count). The maximum Gasteiger partial charge on any atom is 0.165 e. The Balaban J connectivity index is 1.52. The van der Waals surface area contributed by atoms with Crippen molar-refractivity contribution in [3.8, 4) is 28.7 Å². The summed E-state index contributed by atoms with van der Waals surface area (Å²) in [5, 5.41) is 29.3. The van der Waals surface area contributed by atoms with E-state index in [-0.39, 0.29) is 31.1 Å². The normalized spacial score (nSPS) is 19.4. The summed E-state index contributed by atoms with van der Waals surface area (Å²) in [4.78, 5) is 4.08. The second-order valence-corrected chi connectivity index (χ2v) is 7.94. The molecule has 3 N–H and O–H groups in total. The van der Waals surface area contributed by atoms with E-state index in [4.69, 9.17) is 9.47 Å². The first kappa shape index (κ1) is 23.9. The lowest BCUT2D eigenvalue weighted by atomic mass is 10.0. The largest absolute Gasteiger partial charge is 0.482 e. The highest BCUT2D eigenvalue weighted by Gasteiger charge is 2.29. The van der Waals surface area contributed by atoms with Crippen LogP contribution in [-0.4, -0.2) is 56.9 Å². The van der Waals surface area contributed by atoms with E-state index in [1.54, 1.807) is 42.0 Å². The van der Waals surface area contributed by atoms with Crippen LogP contribution in [0.1, 0.15) is 30.5 Å². The van der Waals surface area contributed by atoms with E-state index < -0.39 is 36.0 Å². The van der Waals surface area contributed by atoms with Gasteiger partial charge in [-0.3, -0.25) is 0 Å². The van der Waals surface area contributed by atoms with Crippen molar-refractivity contribution >= 4 is 0 Å². The molecule has 7 nitrogen and oxygen atoms in total. The highest BCUT2D eigenvalue weighted by molar-refractivity contribution is 5.66. The number of aliphatic hydroxyl groups is 3. The van der Waals surface area contributed by atoms with Gasteiger partial charge < -0.3 is 29.4 Å². The first-order valence-electron chi connectivity index (χ1n) is 10.7. The maximum atomic E-state index is 14.7. The summed E-state index contributed by atoms with van der Waals surface area (Å²) in [6.45, 7) is 1.49. The molecule has 4 atom stereocenters. The van der Waals surface area contributed by atoms with Gasteiger partial charge in [0.05, 0.1) is 19.8 Å². The predicted octanol–water partition coefficient (Wildman–Crippen LogP) is 2.61. The van der Waals surface area contributed by atoms with Gasteiger partial charge in [0.2, 0.25) is 0 Å². The predicted molar refractivity (Wildman–Crippen MR) is 119 cm³/mol. The van der Waals surface area contributed by atoms with Gasteiger partial charge in [-0.05, 0) is 30.7 Å². The van der Waals surface area contributed by atoms with Gasteiger partial charge in [-0.1, -0.05) is 24.0 Å². The van der Waals surface area contributed by atoms with Crippen LogP contribution >= 0.6 is 0 Å². The lowest BCUT2D eigenvalue weighted by Gasteiger charge is -2.16. The van der Waals surface area contributed by atoms with Gasteiger partial charge in [-0.2, -0.15) is 0 Å². The van der Waals surface area contributed by atoms with Crippen molar-refractivity contribution in [1.82, 2.24) is 9.55 Å². The van der Waals surface area contributed by atoms with Crippen LogP contribution in [0.3, 0.4) is 0 Å². The average molecular weight is 470 g/mol. The molecule has 2 aromatic carbocycles. The SMILES string of the molecule is CC(O)c1nccn1C(C#Cc1ccc(-c2cc(F)c(OC3COCC3O)cc2F)cc1)CO. The first-order valence-corrected chi connectivity index (χ1v) is 10.7. The van der Waals surface area contributed by atoms with Gasteiger partial charge in [-0.25, -0.2) is 13.8 Å². The summed E-state index contributed by atoms with van der Waals surface area (Å²) in [6, 6.07) is 7.95. The van der Waals surface area contributed by atoms with E-state index in [2.05, 4.69) is 16.8 Å². The Hall–Kier alpha value is -3.29. The van der Waals surface area contributed by atoms with Crippen LogP contribution in [0.4, 0.5) is 8.78 Å². The Labute approximate surface area is 195 Å². The van der Waals surface area contributed by atoms with Crippen LogP contribution < -0.4 is 4.74 Å². The van der Waals surface area contributed by atoms with Crippen LogP contribution in [0, 0.1) is 23.5 Å². The van der Waals surface area contributed by atoms with Crippen molar-refractivity contribution in [2.75, 3.05) is 19.8 Å². The third-order valence-corrected chi connectivity index (χ3v) is 5.46. The Morgan fingerprint density at radius 2 is 1.97 bits per heavy atom. The second-order valence-electron chi connectivity index (χ2n) is 7.94. The molecule has 0 amide bonds. The Morgan fingerprint density at radius 3 is 2.62 bits per heavy atom. The molecule has 1 aliphatic rings. The number of hydrogen-bond acceptors (Lipinski definition) is 6. The fourth-order valence-electron chi connectivity index (χ4n) is 3.65. The second kappa shape index (κ2) is 10.3. The van der Waals surface area contributed by atoms with E-state index in [1.807, 2.05) is 0 Å². The lowest BCUT2D eigenvalue weighted by molar-refractivity contribution is 0.0705. The molecule has 0 bridgehead atoms. The molecule has 1 saturated heterocycles. The minimum Gasteiger partial charge on any atom is -0.482 e. The topological polar surface area (TPSA) is 97.0 Å². The zero-order valence-corrected chi connectivity index (χ0v) is 18.4. The molecule has 0 aliphatic carbocycles. The van der Waals surface area contributed by atoms with Crippen molar-refractivity contribution in [2.45, 2.75) is 31.3 Å². The first-order chi connectivity index (χ1) is 16.4. The molecule has 3 aromatic rings. The molecule has 1 aliphatic heterocycles. The van der Waals surface area contributed by atoms with Crippen molar-refractivity contribution in [2.24, 2.45) is 0 Å². The van der Waals surface area contributed by atoms with Gasteiger partial charge in [0, 0.05) is 29.6 Å². The minimum absolute atomic E-state index is 0.0563. The lowest BCUT2D eigenvalue weighted by Crippen LogP contribution is -2.30. The van der Waals surface area contributed by atoms with Crippen LogP contribution in [0.15, 0.2) is 48.8 Å². The highest BCUT2D eigenvalue weighted by Crippen LogP contribution is 2.30. The number of halogens is 2. The zero-order valence-electron chi connectivity index (χ0n) is 18.4. The molecule has 178 valence electrons. The van der Waals surface area contributed by atoms with E-state index in [0.29, 0.717) is 17.0 Å². The van der Waals surface area contributed by atoms with Crippen molar-refractivity contribution in [3.05, 3.63) is 71.8 Å². The van der Waals surface area contributed by atoms with Crippen molar-refractivity contribution < 1.29 is 33.6 Å². The van der Waals surface area contributed by atoms with Gasteiger partial charge in [0.25, 0.3) is 0 Å². The quantitative estimate of drug-likeness (QED) is 0.480. The monoisotopic (exact) mass is 470 g/mol. The maximum absolute atomic E-state index is 14.7. The summed E-state index contributed by atoms with van der Waals surface area (Å²) >= 11 is 0. The number of rotatable bonds is 6. The van der Waals surface area contributed by atoms with Gasteiger partial charge in [-0.15, -0.1) is 0 Å². The summed E-state index contributed by atoms with van der Waals surface area (Å²) in [5.41, 5.74) is 1.11. The standard InChI is InChI=1S/C25H24F2N2O5/c1-15(31)25-28-8-9-29(25)18(12-30)7-4-16-2-5-17(6-3-16)19-10-21(27)23(11-20(19)26)34-24-14-33-13-22(24)32/h2-3,5-6,8-11,15,18,22,24,30-32H,12-14H2,1H3. The van der Waals surface area contributed by atoms with Crippen LogP contribution in [0.5, 0.6) is 5.75 Å². The van der Waals surface area contributed by atoms with Crippen LogP contribution in [0.25, 0.3) is 11.1 Å². The van der Waals surface area contributed by atoms with E-state index >= 15 is 0 Å². The number of aliphatic hydroxyl groups excluding tert-OH is 3. The summed E-state index contributed by atoms with van der Waals surface area (Å²) in [6.07, 6.45) is 0.697. The molecule has 1 aromatic heterocycles. The summed E-state index contributed by atoms with van der Waals surface area (Å²) in [7, 11) is 0. The van der Waals surface area contributed by atoms with Gasteiger partial charge in [0.1, 0.15) is 29.9 Å². The molecule has 0 radical (unpaired) electrons. The van der Waals surface area contributed by atoms with E-state index in [9.17, 15) is 24.1 Å². The number of hydrogen-bond donors (Lipinski definition) is 3. The Bertz CT molecular complexity index is 1200. The van der Waals surface area contributed by atoms with Crippen molar-refractivity contribution in [3.63, 3.8) is 0 Å². The fourth-order valence-corrected chi connectivity index (χ4v) is 3.65. The molecular formula is C25H24F2N2O5. The summed E-state index contributed by atoms with van der Waals surface area (Å²) < 4.78 is 41.3. The highest BCUT2D eigenvalue weighted by atomic mass is 19.1. The third-order valence-electron chi connectivity index (χ3n) is 5.46. The molecule has 0 spiro atoms. The molecule has 0 saturated carbocycles. The van der Waals surface area contributed by atoms with Crippen LogP contribution in [0.2, 0.25) is 0 Å². The average Bonchev–Trinajstić information content (AvgIpc) is 3.47.